The SMILES string of the molecule is Cc1cc(-c2cnco2)cc(-c2nn(-c3cc(Br)ccc3S(C)(=O)=O)c(=O)c3ccccc23)c1. The molecule has 0 aliphatic rings. The van der Waals surface area contributed by atoms with Crippen molar-refractivity contribution in [1.82, 2.24) is 14.8 Å². The van der Waals surface area contributed by atoms with Crippen LogP contribution in [0.15, 0.2) is 91.8 Å². The highest BCUT2D eigenvalue weighted by molar-refractivity contribution is 9.10. The lowest BCUT2D eigenvalue weighted by atomic mass is 9.99. The summed E-state index contributed by atoms with van der Waals surface area (Å²) in [5, 5.41) is 5.78. The summed E-state index contributed by atoms with van der Waals surface area (Å²) in [4.78, 5) is 17.5. The Morgan fingerprint density at radius 1 is 0.971 bits per heavy atom. The van der Waals surface area contributed by atoms with Gasteiger partial charge in [0.05, 0.1) is 27.9 Å². The second-order valence-corrected chi connectivity index (χ2v) is 10.8. The maximum atomic E-state index is 13.5. The molecule has 5 rings (SSSR count). The molecular formula is C25H18BrN3O4S. The normalized spacial score (nSPS) is 11.7. The number of aromatic nitrogens is 3. The van der Waals surface area contributed by atoms with E-state index in [9.17, 15) is 13.2 Å². The van der Waals surface area contributed by atoms with Crippen molar-refractivity contribution in [2.45, 2.75) is 11.8 Å². The van der Waals surface area contributed by atoms with E-state index in [2.05, 4.69) is 20.9 Å². The molecule has 2 heterocycles. The Morgan fingerprint density at radius 3 is 2.41 bits per heavy atom. The van der Waals surface area contributed by atoms with E-state index in [-0.39, 0.29) is 10.6 Å². The number of hydrogen-bond acceptors (Lipinski definition) is 6. The lowest BCUT2D eigenvalue weighted by molar-refractivity contribution is 0.572. The number of rotatable bonds is 4. The van der Waals surface area contributed by atoms with Gasteiger partial charge in [-0.15, -0.1) is 0 Å². The van der Waals surface area contributed by atoms with Crippen molar-refractivity contribution < 1.29 is 12.8 Å². The van der Waals surface area contributed by atoms with E-state index in [0.29, 0.717) is 26.7 Å². The molecule has 9 heteroatoms. The third-order valence-corrected chi connectivity index (χ3v) is 7.06. The first-order chi connectivity index (χ1) is 16.2. The number of hydrogen-bond donors (Lipinski definition) is 0. The van der Waals surface area contributed by atoms with Gasteiger partial charge in [0.1, 0.15) is 0 Å². The maximum Gasteiger partial charge on any atom is 0.279 e. The highest BCUT2D eigenvalue weighted by atomic mass is 79.9. The van der Waals surface area contributed by atoms with Crippen LogP contribution in [0.3, 0.4) is 0 Å². The van der Waals surface area contributed by atoms with E-state index in [1.54, 1.807) is 30.5 Å². The summed E-state index contributed by atoms with van der Waals surface area (Å²) in [6.45, 7) is 1.96. The van der Waals surface area contributed by atoms with Gasteiger partial charge < -0.3 is 4.42 Å². The van der Waals surface area contributed by atoms with Gasteiger partial charge in [-0.05, 0) is 55.0 Å². The molecule has 0 saturated heterocycles. The molecule has 34 heavy (non-hydrogen) atoms. The molecule has 0 atom stereocenters. The van der Waals surface area contributed by atoms with Crippen molar-refractivity contribution in [3.8, 4) is 28.3 Å². The van der Waals surface area contributed by atoms with Crippen LogP contribution >= 0.6 is 15.9 Å². The fourth-order valence-electron chi connectivity index (χ4n) is 3.96. The van der Waals surface area contributed by atoms with Gasteiger partial charge in [0.2, 0.25) is 0 Å². The minimum atomic E-state index is -3.63. The van der Waals surface area contributed by atoms with E-state index in [4.69, 9.17) is 9.52 Å². The van der Waals surface area contributed by atoms with Crippen LogP contribution in [-0.2, 0) is 9.84 Å². The average molecular weight is 536 g/mol. The highest BCUT2D eigenvalue weighted by Gasteiger charge is 2.20. The molecular weight excluding hydrogens is 518 g/mol. The van der Waals surface area contributed by atoms with Gasteiger partial charge in [0.25, 0.3) is 5.56 Å². The Kier molecular flexibility index (Phi) is 5.45. The lowest BCUT2D eigenvalue weighted by Gasteiger charge is -2.15. The fraction of sp³-hybridized carbons (Fsp3) is 0.0800. The van der Waals surface area contributed by atoms with Crippen LogP contribution in [0.1, 0.15) is 5.56 Å². The van der Waals surface area contributed by atoms with E-state index in [1.807, 2.05) is 37.3 Å². The Hall–Kier alpha value is -3.56. The largest absolute Gasteiger partial charge is 0.444 e. The zero-order valence-corrected chi connectivity index (χ0v) is 20.6. The number of halogens is 1. The maximum absolute atomic E-state index is 13.5. The van der Waals surface area contributed by atoms with Crippen LogP contribution in [-0.4, -0.2) is 29.4 Å². The van der Waals surface area contributed by atoms with Crippen LogP contribution in [0.2, 0.25) is 0 Å². The summed E-state index contributed by atoms with van der Waals surface area (Å²) in [5.41, 5.74) is 2.84. The Labute approximate surface area is 203 Å². The molecule has 170 valence electrons. The van der Waals surface area contributed by atoms with Crippen molar-refractivity contribution in [2.75, 3.05) is 6.26 Å². The van der Waals surface area contributed by atoms with Gasteiger partial charge in [-0.25, -0.2) is 13.4 Å². The number of aryl methyl sites for hydroxylation is 1. The van der Waals surface area contributed by atoms with E-state index >= 15 is 0 Å². The number of benzene rings is 3. The standard InChI is InChI=1S/C25H18BrN3O4S/c1-15-9-16(22-13-27-14-33-22)11-17(10-15)24-19-5-3-4-6-20(19)25(30)29(28-24)21-12-18(26)7-8-23(21)34(2,31)32/h3-14H,1-2H3. The smallest absolute Gasteiger partial charge is 0.279 e. The molecule has 0 saturated carbocycles. The third-order valence-electron chi connectivity index (χ3n) is 5.42. The Balaban J connectivity index is 1.87. The molecule has 0 spiro atoms. The van der Waals surface area contributed by atoms with Crippen molar-refractivity contribution in [3.63, 3.8) is 0 Å². The van der Waals surface area contributed by atoms with Crippen molar-refractivity contribution >= 4 is 36.5 Å². The molecule has 0 amide bonds. The highest BCUT2D eigenvalue weighted by Crippen LogP contribution is 2.31. The molecule has 0 aliphatic heterocycles. The average Bonchev–Trinajstić information content (AvgIpc) is 3.33. The van der Waals surface area contributed by atoms with Crippen LogP contribution < -0.4 is 5.56 Å². The number of sulfone groups is 1. The van der Waals surface area contributed by atoms with Crippen molar-refractivity contribution in [2.24, 2.45) is 0 Å². The third kappa shape index (κ3) is 3.97. The predicted octanol–water partition coefficient (Wildman–Crippen LogP) is 5.18. The summed E-state index contributed by atoms with van der Waals surface area (Å²) >= 11 is 3.38. The first kappa shape index (κ1) is 22.2. The molecule has 0 unspecified atom stereocenters. The van der Waals surface area contributed by atoms with Crippen molar-refractivity contribution in [3.05, 3.63) is 93.6 Å². The van der Waals surface area contributed by atoms with Gasteiger partial charge in [-0.1, -0.05) is 34.1 Å². The zero-order chi connectivity index (χ0) is 24.0. The van der Waals surface area contributed by atoms with Gasteiger partial charge in [0, 0.05) is 27.2 Å². The van der Waals surface area contributed by atoms with Gasteiger partial charge >= 0.3 is 0 Å². The van der Waals surface area contributed by atoms with E-state index in [0.717, 1.165) is 27.6 Å². The van der Waals surface area contributed by atoms with Crippen molar-refractivity contribution in [1.29, 1.82) is 0 Å². The number of fused-ring (bicyclic) bond motifs is 1. The summed E-state index contributed by atoms with van der Waals surface area (Å²) in [7, 11) is -3.63. The Morgan fingerprint density at radius 2 is 1.71 bits per heavy atom. The van der Waals surface area contributed by atoms with Gasteiger partial charge in [-0.2, -0.15) is 9.78 Å². The summed E-state index contributed by atoms with van der Waals surface area (Å²) in [6.07, 6.45) is 4.10. The second kappa shape index (κ2) is 8.34. The van der Waals surface area contributed by atoms with Gasteiger partial charge in [-0.3, -0.25) is 4.79 Å². The molecule has 0 bridgehead atoms. The zero-order valence-electron chi connectivity index (χ0n) is 18.2. The van der Waals surface area contributed by atoms with Crippen LogP contribution in [0.4, 0.5) is 0 Å². The summed E-state index contributed by atoms with van der Waals surface area (Å²) in [5.74, 6) is 0.605. The Bertz CT molecular complexity index is 1730. The fourth-order valence-corrected chi connectivity index (χ4v) is 5.15. The second-order valence-electron chi connectivity index (χ2n) is 7.95. The summed E-state index contributed by atoms with van der Waals surface area (Å²) < 4.78 is 32.3. The first-order valence-electron chi connectivity index (χ1n) is 10.3. The topological polar surface area (TPSA) is 95.1 Å². The molecule has 0 fully saturated rings. The minimum absolute atomic E-state index is 0.0122. The number of oxazole rings is 1. The lowest BCUT2D eigenvalue weighted by Crippen LogP contribution is -2.24. The monoisotopic (exact) mass is 535 g/mol. The van der Waals surface area contributed by atoms with E-state index < -0.39 is 15.4 Å². The summed E-state index contributed by atoms with van der Waals surface area (Å²) in [6, 6.07) is 17.7. The molecule has 0 radical (unpaired) electrons. The van der Waals surface area contributed by atoms with E-state index in [1.165, 1.54) is 12.5 Å². The van der Waals surface area contributed by atoms with Gasteiger partial charge in [0.15, 0.2) is 22.0 Å². The van der Waals surface area contributed by atoms with Crippen LogP contribution in [0.25, 0.3) is 39.0 Å². The van der Waals surface area contributed by atoms with Crippen LogP contribution in [0, 0.1) is 6.92 Å². The quantitative estimate of drug-likeness (QED) is 0.314. The molecule has 5 aromatic rings. The first-order valence-corrected chi connectivity index (χ1v) is 12.9. The molecule has 2 aromatic heterocycles. The molecule has 3 aromatic carbocycles. The predicted molar refractivity (Wildman–Crippen MR) is 134 cm³/mol. The van der Waals surface area contributed by atoms with Crippen LogP contribution in [0.5, 0.6) is 0 Å². The molecule has 7 nitrogen and oxygen atoms in total. The minimum Gasteiger partial charge on any atom is -0.444 e. The molecule has 0 aliphatic carbocycles. The number of nitrogens with zero attached hydrogens (tertiary/aromatic N) is 3. The molecule has 0 N–H and O–H groups in total.